The van der Waals surface area contributed by atoms with Crippen LogP contribution in [0.15, 0.2) is 0 Å². The lowest BCUT2D eigenvalue weighted by molar-refractivity contribution is -0.996. The van der Waals surface area contributed by atoms with Crippen LogP contribution >= 0.6 is 15.9 Å². The summed E-state index contributed by atoms with van der Waals surface area (Å²) in [4.78, 5) is 0. The zero-order valence-electron chi connectivity index (χ0n) is 15.0. The van der Waals surface area contributed by atoms with Crippen molar-refractivity contribution < 1.29 is 16.9 Å². The smallest absolute Gasteiger partial charge is 0.0894 e. The maximum absolute atomic E-state index is 3.87. The van der Waals surface area contributed by atoms with Gasteiger partial charge in [-0.3, -0.25) is 0 Å². The summed E-state index contributed by atoms with van der Waals surface area (Å²) >= 11 is 3.87. The van der Waals surface area contributed by atoms with Crippen LogP contribution in [0.4, 0.5) is 0 Å². The van der Waals surface area contributed by atoms with Crippen LogP contribution in [0.1, 0.15) is 96.3 Å². The Morgan fingerprint density at radius 2 is 0.870 bits per heavy atom. The molecule has 3 rings (SSSR count). The maximum Gasteiger partial charge on any atom is 0.0894 e. The minimum absolute atomic E-state index is 0. The van der Waals surface area contributed by atoms with Gasteiger partial charge >= 0.3 is 0 Å². The van der Waals surface area contributed by atoms with Crippen molar-refractivity contribution in [3.63, 3.8) is 0 Å². The molecule has 3 fully saturated rings. The van der Waals surface area contributed by atoms with E-state index < -0.39 is 0 Å². The van der Waals surface area contributed by atoms with Crippen LogP contribution < -0.4 is 12.4 Å². The van der Waals surface area contributed by atoms with Crippen molar-refractivity contribution in [3.8, 4) is 0 Å². The number of hydrogen-bond acceptors (Lipinski definition) is 0. The molecule has 0 spiro atoms. The number of hydrogen-bond donors (Lipinski definition) is 0. The lowest BCUT2D eigenvalue weighted by Crippen LogP contribution is -3.00. The molecule has 1 nitrogen and oxygen atoms in total. The minimum atomic E-state index is 0. The zero-order chi connectivity index (χ0) is 15.3. The van der Waals surface area contributed by atoms with Crippen molar-refractivity contribution in [2.45, 2.75) is 114 Å². The molecule has 3 heteroatoms. The van der Waals surface area contributed by atoms with Crippen LogP contribution in [0.3, 0.4) is 0 Å². The van der Waals surface area contributed by atoms with Gasteiger partial charge in [-0.2, -0.15) is 0 Å². The molecule has 0 aromatic carbocycles. The third-order valence-corrected chi connectivity index (χ3v) is 7.59. The first-order valence-corrected chi connectivity index (χ1v) is 11.4. The Balaban J connectivity index is 0.00000192. The van der Waals surface area contributed by atoms with Crippen molar-refractivity contribution in [1.82, 2.24) is 0 Å². The van der Waals surface area contributed by atoms with Gasteiger partial charge in [0.15, 0.2) is 0 Å². The summed E-state index contributed by atoms with van der Waals surface area (Å²) in [6.45, 7) is 1.42. The third kappa shape index (κ3) is 4.47. The van der Waals surface area contributed by atoms with Gasteiger partial charge < -0.3 is 16.9 Å². The normalized spacial score (nSPS) is 26.0. The van der Waals surface area contributed by atoms with Gasteiger partial charge in [-0.1, -0.05) is 35.2 Å². The number of halogens is 2. The molecule has 0 atom stereocenters. The molecule has 0 saturated heterocycles. The monoisotopic (exact) mass is 405 g/mol. The molecule has 3 aliphatic rings. The van der Waals surface area contributed by atoms with Crippen LogP contribution in [-0.2, 0) is 0 Å². The Morgan fingerprint density at radius 3 is 1.13 bits per heavy atom. The maximum atomic E-state index is 3.87. The second-order valence-corrected chi connectivity index (χ2v) is 9.08. The van der Waals surface area contributed by atoms with E-state index in [4.69, 9.17) is 0 Å². The van der Waals surface area contributed by atoms with Gasteiger partial charge in [0.05, 0.1) is 30.0 Å². The molecule has 136 valence electrons. The fraction of sp³-hybridized carbons (Fsp3) is 1.00. The first-order valence-electron chi connectivity index (χ1n) is 10.3. The number of alkyl halides is 1. The Kier molecular flexibility index (Phi) is 8.73. The zero-order valence-corrected chi connectivity index (χ0v) is 17.3. The molecule has 0 aromatic heterocycles. The van der Waals surface area contributed by atoms with Crippen molar-refractivity contribution in [2.75, 3.05) is 11.9 Å². The fourth-order valence-electron chi connectivity index (χ4n) is 6.27. The molecular weight excluding hydrogens is 370 g/mol. The van der Waals surface area contributed by atoms with Crippen LogP contribution in [0.2, 0.25) is 0 Å². The van der Waals surface area contributed by atoms with Crippen LogP contribution in [0.25, 0.3) is 0 Å². The fourth-order valence-corrected chi connectivity index (χ4v) is 6.89. The van der Waals surface area contributed by atoms with E-state index >= 15 is 0 Å². The van der Waals surface area contributed by atoms with Gasteiger partial charge in [0.2, 0.25) is 0 Å². The van der Waals surface area contributed by atoms with Gasteiger partial charge in [-0.05, 0) is 77.0 Å². The van der Waals surface area contributed by atoms with Crippen LogP contribution in [0, 0.1) is 0 Å². The van der Waals surface area contributed by atoms with Crippen molar-refractivity contribution in [1.29, 1.82) is 0 Å². The summed E-state index contributed by atoms with van der Waals surface area (Å²) < 4.78 is 1.55. The van der Waals surface area contributed by atoms with Gasteiger partial charge in [0.25, 0.3) is 0 Å². The molecule has 0 aromatic rings. The molecule has 0 amide bonds. The van der Waals surface area contributed by atoms with E-state index in [0.29, 0.717) is 0 Å². The highest BCUT2D eigenvalue weighted by molar-refractivity contribution is 9.09. The molecule has 0 heterocycles. The first kappa shape index (κ1) is 20.0. The summed E-state index contributed by atoms with van der Waals surface area (Å²) in [7, 11) is 0. The Labute approximate surface area is 159 Å². The Morgan fingerprint density at radius 1 is 0.565 bits per heavy atom. The molecule has 3 saturated carbocycles. The van der Waals surface area contributed by atoms with E-state index in [1.54, 1.807) is 4.48 Å². The highest BCUT2D eigenvalue weighted by Crippen LogP contribution is 2.43. The number of rotatable bonds is 5. The highest BCUT2D eigenvalue weighted by atomic mass is 79.9. The topological polar surface area (TPSA) is 0 Å². The molecule has 0 N–H and O–H groups in total. The summed E-state index contributed by atoms with van der Waals surface area (Å²) in [5.41, 5.74) is 0. The molecule has 3 aliphatic carbocycles. The summed E-state index contributed by atoms with van der Waals surface area (Å²) in [5.74, 6) is 0. The largest absolute Gasteiger partial charge is 1.00 e. The quantitative estimate of drug-likeness (QED) is 0.486. The van der Waals surface area contributed by atoms with Crippen LogP contribution in [0.5, 0.6) is 0 Å². The highest BCUT2D eigenvalue weighted by Gasteiger charge is 2.49. The average Bonchev–Trinajstić information content (AvgIpc) is 2.62. The third-order valence-electron chi connectivity index (χ3n) is 7.24. The van der Waals surface area contributed by atoms with E-state index in [9.17, 15) is 0 Å². The predicted molar refractivity (Wildman–Crippen MR) is 99.5 cm³/mol. The van der Waals surface area contributed by atoms with Gasteiger partial charge in [0, 0.05) is 0 Å². The molecule has 0 bridgehead atoms. The second-order valence-electron chi connectivity index (χ2n) is 8.28. The first-order chi connectivity index (χ1) is 10.9. The van der Waals surface area contributed by atoms with Crippen molar-refractivity contribution in [2.24, 2.45) is 0 Å². The molecule has 0 aliphatic heterocycles. The van der Waals surface area contributed by atoms with E-state index in [1.165, 1.54) is 108 Å². The standard InChI is InChI=1S/C20H37BrN.ClH/c21-16-17-22(18-10-4-1-5-11-18,19-12-6-2-7-13-19)20-14-8-3-9-15-20;/h18-20H,1-17H2;1H/q+1;/p-1. The molecule has 0 radical (unpaired) electrons. The number of nitrogens with zero attached hydrogens (tertiary/aromatic N) is 1. The molecule has 0 unspecified atom stereocenters. The SMILES string of the molecule is BrCC[N+](C1CCCCC1)(C1CCCCC1)C1CCCCC1.[Cl-]. The van der Waals surface area contributed by atoms with E-state index in [1.807, 2.05) is 0 Å². The molecule has 23 heavy (non-hydrogen) atoms. The van der Waals surface area contributed by atoms with E-state index in [-0.39, 0.29) is 12.4 Å². The Bertz CT molecular complexity index is 272. The lowest BCUT2D eigenvalue weighted by atomic mass is 9.80. The summed E-state index contributed by atoms with van der Waals surface area (Å²) in [6.07, 6.45) is 22.7. The second kappa shape index (κ2) is 10.0. The van der Waals surface area contributed by atoms with Crippen molar-refractivity contribution >= 4 is 15.9 Å². The summed E-state index contributed by atoms with van der Waals surface area (Å²) in [5, 5.41) is 1.22. The lowest BCUT2D eigenvalue weighted by Gasteiger charge is -2.57. The summed E-state index contributed by atoms with van der Waals surface area (Å²) in [6, 6.07) is 2.99. The van der Waals surface area contributed by atoms with Gasteiger partial charge in [0.1, 0.15) is 0 Å². The van der Waals surface area contributed by atoms with E-state index in [2.05, 4.69) is 15.9 Å². The van der Waals surface area contributed by atoms with E-state index in [0.717, 1.165) is 18.1 Å². The van der Waals surface area contributed by atoms with Gasteiger partial charge in [-0.15, -0.1) is 0 Å². The molecular formula is C20H37BrClN. The van der Waals surface area contributed by atoms with Crippen molar-refractivity contribution in [3.05, 3.63) is 0 Å². The van der Waals surface area contributed by atoms with Gasteiger partial charge in [-0.25, -0.2) is 0 Å². The average molecular weight is 407 g/mol. The minimum Gasteiger partial charge on any atom is -1.00 e. The predicted octanol–water partition coefficient (Wildman–Crippen LogP) is 3.20. The Hall–Kier alpha value is 0.730. The number of quaternary nitrogens is 1. The van der Waals surface area contributed by atoms with Crippen LogP contribution in [-0.4, -0.2) is 34.5 Å².